The second kappa shape index (κ2) is 5.89. The molecule has 3 rings (SSSR count). The maximum Gasteiger partial charge on any atom is 0.314 e. The van der Waals surface area contributed by atoms with E-state index in [1.54, 1.807) is 12.1 Å². The van der Waals surface area contributed by atoms with Gasteiger partial charge in [0.1, 0.15) is 0 Å². The molecule has 2 N–H and O–H groups in total. The highest BCUT2D eigenvalue weighted by Crippen LogP contribution is 2.34. The molecule has 4 nitrogen and oxygen atoms in total. The molecule has 2 aromatic rings. The first kappa shape index (κ1) is 14.1. The third kappa shape index (κ3) is 3.10. The van der Waals surface area contributed by atoms with Crippen molar-refractivity contribution in [3.8, 4) is 11.5 Å². The number of hydrogen-bond acceptors (Lipinski definition) is 4. The molecule has 0 amide bonds. The van der Waals surface area contributed by atoms with Crippen LogP contribution in [0.2, 0.25) is 0 Å². The Bertz CT molecular complexity index is 593. The summed E-state index contributed by atoms with van der Waals surface area (Å²) >= 11 is 0. The lowest BCUT2D eigenvalue weighted by atomic mass is 9.80. The molecular formula is C15H17F2N3O. The fraction of sp³-hybridized carbons (Fsp3) is 0.467. The van der Waals surface area contributed by atoms with Gasteiger partial charge in [0.2, 0.25) is 5.89 Å². The molecule has 0 saturated heterocycles. The van der Waals surface area contributed by atoms with Gasteiger partial charge < -0.3 is 10.2 Å². The van der Waals surface area contributed by atoms with Crippen molar-refractivity contribution in [2.45, 2.75) is 38.2 Å². The Hall–Kier alpha value is -1.82. The van der Waals surface area contributed by atoms with Crippen molar-refractivity contribution in [3.63, 3.8) is 0 Å². The number of rotatable bonds is 5. The summed E-state index contributed by atoms with van der Waals surface area (Å²) in [7, 11) is 0. The van der Waals surface area contributed by atoms with Gasteiger partial charge in [0.15, 0.2) is 0 Å². The van der Waals surface area contributed by atoms with Gasteiger partial charge in [-0.25, -0.2) is 0 Å². The molecule has 1 saturated carbocycles. The average Bonchev–Trinajstić information content (AvgIpc) is 2.93. The lowest BCUT2D eigenvalue weighted by Gasteiger charge is -2.28. The molecule has 1 aliphatic rings. The molecule has 21 heavy (non-hydrogen) atoms. The first-order chi connectivity index (χ1) is 10.1. The van der Waals surface area contributed by atoms with Crippen molar-refractivity contribution < 1.29 is 13.2 Å². The van der Waals surface area contributed by atoms with E-state index in [2.05, 4.69) is 10.2 Å². The van der Waals surface area contributed by atoms with Gasteiger partial charge in [0.05, 0.1) is 0 Å². The summed E-state index contributed by atoms with van der Waals surface area (Å²) in [6.45, 7) is 0. The normalized spacial score (nSPS) is 17.0. The lowest BCUT2D eigenvalue weighted by Crippen LogP contribution is -2.19. The van der Waals surface area contributed by atoms with Gasteiger partial charge in [0, 0.05) is 11.6 Å². The quantitative estimate of drug-likeness (QED) is 0.909. The minimum Gasteiger partial charge on any atom is -0.415 e. The first-order valence-electron chi connectivity index (χ1n) is 7.11. The monoisotopic (exact) mass is 293 g/mol. The molecule has 0 radical (unpaired) electrons. The smallest absolute Gasteiger partial charge is 0.314 e. The van der Waals surface area contributed by atoms with Crippen LogP contribution in [0.1, 0.15) is 49.6 Å². The van der Waals surface area contributed by atoms with E-state index < -0.39 is 12.3 Å². The number of nitrogens with two attached hydrogens (primary N) is 1. The molecule has 1 heterocycles. The number of benzene rings is 1. The summed E-state index contributed by atoms with van der Waals surface area (Å²) in [5.41, 5.74) is 7.85. The predicted molar refractivity (Wildman–Crippen MR) is 73.6 cm³/mol. The SMILES string of the molecule is NC(CC1CCC1)c1ccc(-c2nnc(C(F)F)o2)cc1. The second-order valence-electron chi connectivity index (χ2n) is 5.51. The third-order valence-corrected chi connectivity index (χ3v) is 4.03. The Kier molecular flexibility index (Phi) is 3.96. The largest absolute Gasteiger partial charge is 0.415 e. The van der Waals surface area contributed by atoms with E-state index in [1.165, 1.54) is 19.3 Å². The molecule has 1 aromatic carbocycles. The molecule has 1 aliphatic carbocycles. The molecule has 6 heteroatoms. The van der Waals surface area contributed by atoms with E-state index in [0.717, 1.165) is 17.9 Å². The van der Waals surface area contributed by atoms with Crippen LogP contribution in [0.25, 0.3) is 11.5 Å². The van der Waals surface area contributed by atoms with E-state index in [1.807, 2.05) is 12.1 Å². The lowest BCUT2D eigenvalue weighted by molar-refractivity contribution is 0.116. The minimum atomic E-state index is -2.75. The number of alkyl halides is 2. The Morgan fingerprint density at radius 3 is 2.43 bits per heavy atom. The van der Waals surface area contributed by atoms with Crippen molar-refractivity contribution in [1.29, 1.82) is 0 Å². The van der Waals surface area contributed by atoms with Crippen LogP contribution >= 0.6 is 0 Å². The van der Waals surface area contributed by atoms with Crippen molar-refractivity contribution in [2.24, 2.45) is 11.7 Å². The highest BCUT2D eigenvalue weighted by atomic mass is 19.3. The summed E-state index contributed by atoms with van der Waals surface area (Å²) in [4.78, 5) is 0. The predicted octanol–water partition coefficient (Wildman–Crippen LogP) is 3.86. The molecule has 0 aliphatic heterocycles. The maximum atomic E-state index is 12.4. The highest BCUT2D eigenvalue weighted by molar-refractivity contribution is 5.53. The fourth-order valence-electron chi connectivity index (χ4n) is 2.54. The van der Waals surface area contributed by atoms with Crippen LogP contribution in [0.4, 0.5) is 8.78 Å². The van der Waals surface area contributed by atoms with E-state index in [4.69, 9.17) is 10.2 Å². The second-order valence-corrected chi connectivity index (χ2v) is 5.51. The molecule has 112 valence electrons. The average molecular weight is 293 g/mol. The highest BCUT2D eigenvalue weighted by Gasteiger charge is 2.21. The van der Waals surface area contributed by atoms with E-state index in [-0.39, 0.29) is 11.9 Å². The van der Waals surface area contributed by atoms with E-state index in [9.17, 15) is 8.78 Å². The summed E-state index contributed by atoms with van der Waals surface area (Å²) < 4.78 is 29.7. The Balaban J connectivity index is 1.70. The van der Waals surface area contributed by atoms with Crippen LogP contribution < -0.4 is 5.73 Å². The van der Waals surface area contributed by atoms with Crippen molar-refractivity contribution in [3.05, 3.63) is 35.7 Å². The molecule has 1 aromatic heterocycles. The molecule has 1 fully saturated rings. The van der Waals surface area contributed by atoms with Crippen LogP contribution in [-0.2, 0) is 0 Å². The van der Waals surface area contributed by atoms with Crippen LogP contribution in [0.15, 0.2) is 28.7 Å². The van der Waals surface area contributed by atoms with E-state index in [0.29, 0.717) is 5.56 Å². The Labute approximate surface area is 121 Å². The Morgan fingerprint density at radius 2 is 1.90 bits per heavy atom. The van der Waals surface area contributed by atoms with E-state index >= 15 is 0 Å². The van der Waals surface area contributed by atoms with Crippen molar-refractivity contribution >= 4 is 0 Å². The maximum absolute atomic E-state index is 12.4. The van der Waals surface area contributed by atoms with Crippen molar-refractivity contribution in [1.82, 2.24) is 10.2 Å². The van der Waals surface area contributed by atoms with Crippen LogP contribution in [0.3, 0.4) is 0 Å². The molecule has 1 unspecified atom stereocenters. The zero-order chi connectivity index (χ0) is 14.8. The summed E-state index contributed by atoms with van der Waals surface area (Å²) in [6.07, 6.45) is 2.09. The van der Waals surface area contributed by atoms with Gasteiger partial charge in [-0.15, -0.1) is 10.2 Å². The van der Waals surface area contributed by atoms with Gasteiger partial charge in [0.25, 0.3) is 5.89 Å². The van der Waals surface area contributed by atoms with Gasteiger partial charge >= 0.3 is 6.43 Å². The molecule has 0 spiro atoms. The van der Waals surface area contributed by atoms with Gasteiger partial charge in [-0.05, 0) is 30.0 Å². The standard InChI is InChI=1S/C15H17F2N3O/c16-13(17)15-20-19-14(21-15)11-6-4-10(5-7-11)12(18)8-9-2-1-3-9/h4-7,9,12-13H,1-3,8,18H2. The van der Waals surface area contributed by atoms with Crippen molar-refractivity contribution in [2.75, 3.05) is 0 Å². The third-order valence-electron chi connectivity index (χ3n) is 4.03. The van der Waals surface area contributed by atoms with Crippen LogP contribution in [0, 0.1) is 5.92 Å². The topological polar surface area (TPSA) is 64.9 Å². The fourth-order valence-corrected chi connectivity index (χ4v) is 2.54. The number of halogens is 2. The van der Waals surface area contributed by atoms with Gasteiger partial charge in [-0.2, -0.15) is 8.78 Å². The molecule has 0 bridgehead atoms. The van der Waals surface area contributed by atoms with Crippen LogP contribution in [0.5, 0.6) is 0 Å². The molecule has 1 atom stereocenters. The minimum absolute atomic E-state index is 0.0173. The van der Waals surface area contributed by atoms with Crippen LogP contribution in [-0.4, -0.2) is 10.2 Å². The number of aromatic nitrogens is 2. The number of nitrogens with zero attached hydrogens (tertiary/aromatic N) is 2. The molecular weight excluding hydrogens is 276 g/mol. The summed E-state index contributed by atoms with van der Waals surface area (Å²) in [5, 5.41) is 6.94. The summed E-state index contributed by atoms with van der Waals surface area (Å²) in [6, 6.07) is 7.36. The Morgan fingerprint density at radius 1 is 1.19 bits per heavy atom. The zero-order valence-corrected chi connectivity index (χ0v) is 11.5. The first-order valence-corrected chi connectivity index (χ1v) is 7.11. The zero-order valence-electron chi connectivity index (χ0n) is 11.5. The van der Waals surface area contributed by atoms with Gasteiger partial charge in [-0.3, -0.25) is 0 Å². The summed E-state index contributed by atoms with van der Waals surface area (Å²) in [5.74, 6) is 0.185. The number of hydrogen-bond donors (Lipinski definition) is 1. The van der Waals surface area contributed by atoms with Gasteiger partial charge in [-0.1, -0.05) is 31.4 Å².